The van der Waals surface area contributed by atoms with Crippen molar-refractivity contribution in [3.8, 4) is 56.6 Å². The van der Waals surface area contributed by atoms with E-state index in [1.807, 2.05) is 24.3 Å². The molecule has 60 heavy (non-hydrogen) atoms. The van der Waals surface area contributed by atoms with Gasteiger partial charge in [0.1, 0.15) is 0 Å². The second kappa shape index (κ2) is 12.0. The number of nitriles is 2. The minimum Gasteiger partial charge on any atom is -0.307 e. The Balaban J connectivity index is 1.34. The number of para-hydroxylation sites is 2. The second-order valence-electron chi connectivity index (χ2n) is 15.9. The molecule has 4 aromatic heterocycles. The standard InChI is InChI=1S/C56H30N4/c57-31-33-19-23-35(24-20-33)39-27-43-42-16-8-10-18-48(42)60-53(43)45(29-39)51-49(37-11-3-1-4-12-37)55-52(50(56(51)60)38-13-5-2-6-14-38)46-30-40(36-25-21-34(32-58)22-26-36)28-44-41-15-7-9-17-47(41)59(55)54(44)46/h1-30H. The summed E-state index contributed by atoms with van der Waals surface area (Å²) in [6, 6.07) is 69.5. The van der Waals surface area contributed by atoms with Gasteiger partial charge in [0, 0.05) is 54.2 Å². The van der Waals surface area contributed by atoms with E-state index in [1.54, 1.807) is 0 Å². The molecule has 4 heteroatoms. The van der Waals surface area contributed by atoms with Crippen LogP contribution in [0.15, 0.2) is 182 Å². The van der Waals surface area contributed by atoms with Gasteiger partial charge in [-0.25, -0.2) is 0 Å². The van der Waals surface area contributed by atoms with Crippen molar-refractivity contribution in [1.82, 2.24) is 8.80 Å². The predicted molar refractivity (Wildman–Crippen MR) is 247 cm³/mol. The Labute approximate surface area is 343 Å². The Hall–Kier alpha value is -8.44. The fraction of sp³-hybridized carbons (Fsp3) is 0. The van der Waals surface area contributed by atoms with E-state index in [1.165, 1.54) is 87.3 Å². The first-order valence-electron chi connectivity index (χ1n) is 20.2. The van der Waals surface area contributed by atoms with Crippen molar-refractivity contribution in [2.45, 2.75) is 0 Å². The van der Waals surface area contributed by atoms with E-state index in [9.17, 15) is 10.5 Å². The number of aromatic nitrogens is 2. The fourth-order valence-corrected chi connectivity index (χ4v) is 10.3. The molecule has 0 aliphatic rings. The molecule has 274 valence electrons. The highest BCUT2D eigenvalue weighted by molar-refractivity contribution is 6.38. The molecule has 9 aromatic carbocycles. The van der Waals surface area contributed by atoms with Gasteiger partial charge in [-0.05, 0) is 94.0 Å². The van der Waals surface area contributed by atoms with Crippen LogP contribution in [0.5, 0.6) is 0 Å². The summed E-state index contributed by atoms with van der Waals surface area (Å²) in [5.74, 6) is 0. The molecule has 0 bridgehead atoms. The third kappa shape index (κ3) is 4.26. The fourth-order valence-electron chi connectivity index (χ4n) is 10.3. The van der Waals surface area contributed by atoms with Gasteiger partial charge in [0.25, 0.3) is 0 Å². The van der Waals surface area contributed by atoms with Crippen molar-refractivity contribution in [3.63, 3.8) is 0 Å². The van der Waals surface area contributed by atoms with E-state index in [4.69, 9.17) is 0 Å². The first kappa shape index (κ1) is 32.6. The molecule has 0 radical (unpaired) electrons. The molecular weight excluding hydrogens is 729 g/mol. The number of rotatable bonds is 4. The highest BCUT2D eigenvalue weighted by atomic mass is 14.9. The third-order valence-corrected chi connectivity index (χ3v) is 12.8. The third-order valence-electron chi connectivity index (χ3n) is 12.8. The lowest BCUT2D eigenvalue weighted by Crippen LogP contribution is -1.93. The van der Waals surface area contributed by atoms with E-state index in [0.29, 0.717) is 11.1 Å². The average molecular weight is 759 g/mol. The van der Waals surface area contributed by atoms with Crippen LogP contribution in [0, 0.1) is 22.7 Å². The highest BCUT2D eigenvalue weighted by Crippen LogP contribution is 2.55. The van der Waals surface area contributed by atoms with Gasteiger partial charge in [0.2, 0.25) is 0 Å². The quantitative estimate of drug-likeness (QED) is 0.179. The van der Waals surface area contributed by atoms with Gasteiger partial charge < -0.3 is 8.80 Å². The SMILES string of the molecule is N#Cc1ccc(-c2cc3c4ccccc4n4c5c(-c6ccccc6)c6c7cc(-c8ccc(C#N)cc8)cc8c9ccccc9n(c6c(-c6ccccc6)c5c(c2)c34)c87)cc1. The number of nitrogens with zero attached hydrogens (tertiary/aromatic N) is 4. The molecule has 4 heterocycles. The molecule has 0 N–H and O–H groups in total. The zero-order chi connectivity index (χ0) is 39.6. The summed E-state index contributed by atoms with van der Waals surface area (Å²) in [6.07, 6.45) is 0. The lowest BCUT2D eigenvalue weighted by Gasteiger charge is -2.16. The first-order valence-corrected chi connectivity index (χ1v) is 20.2. The Bertz CT molecular complexity index is 3710. The van der Waals surface area contributed by atoms with Crippen molar-refractivity contribution in [1.29, 1.82) is 10.5 Å². The van der Waals surface area contributed by atoms with E-state index in [2.05, 4.69) is 179 Å². The largest absolute Gasteiger partial charge is 0.307 e. The lowest BCUT2D eigenvalue weighted by molar-refractivity contribution is 1.36. The van der Waals surface area contributed by atoms with Crippen molar-refractivity contribution >= 4 is 76.2 Å². The maximum Gasteiger partial charge on any atom is 0.0991 e. The van der Waals surface area contributed by atoms with Crippen molar-refractivity contribution in [3.05, 3.63) is 193 Å². The normalized spacial score (nSPS) is 12.0. The van der Waals surface area contributed by atoms with Crippen LogP contribution >= 0.6 is 0 Å². The van der Waals surface area contributed by atoms with Crippen LogP contribution in [0.4, 0.5) is 0 Å². The molecule has 0 atom stereocenters. The first-order chi connectivity index (χ1) is 29.7. The zero-order valence-corrected chi connectivity index (χ0v) is 32.1. The van der Waals surface area contributed by atoms with Crippen LogP contribution in [0.2, 0.25) is 0 Å². The van der Waals surface area contributed by atoms with Crippen LogP contribution in [0.1, 0.15) is 11.1 Å². The van der Waals surface area contributed by atoms with Gasteiger partial charge >= 0.3 is 0 Å². The maximum absolute atomic E-state index is 9.66. The topological polar surface area (TPSA) is 56.4 Å². The summed E-state index contributed by atoms with van der Waals surface area (Å²) in [5, 5.41) is 29.0. The molecule has 0 saturated carbocycles. The van der Waals surface area contributed by atoms with Gasteiger partial charge in [-0.3, -0.25) is 0 Å². The molecule has 4 nitrogen and oxygen atoms in total. The Morgan fingerprint density at radius 2 is 0.667 bits per heavy atom. The summed E-state index contributed by atoms with van der Waals surface area (Å²) >= 11 is 0. The van der Waals surface area contributed by atoms with Gasteiger partial charge in [0.05, 0.1) is 56.4 Å². The number of hydrogen-bond donors (Lipinski definition) is 0. The molecule has 0 spiro atoms. The smallest absolute Gasteiger partial charge is 0.0991 e. The second-order valence-corrected chi connectivity index (χ2v) is 15.9. The molecule has 0 aliphatic heterocycles. The lowest BCUT2D eigenvalue weighted by atomic mass is 9.88. The Morgan fingerprint density at radius 1 is 0.300 bits per heavy atom. The molecule has 0 amide bonds. The number of benzene rings is 9. The summed E-state index contributed by atoms with van der Waals surface area (Å²) in [5.41, 5.74) is 17.5. The summed E-state index contributed by atoms with van der Waals surface area (Å²) in [7, 11) is 0. The van der Waals surface area contributed by atoms with Gasteiger partial charge in [-0.1, -0.05) is 121 Å². The van der Waals surface area contributed by atoms with Crippen molar-refractivity contribution in [2.24, 2.45) is 0 Å². The minimum atomic E-state index is 0.646. The Kier molecular flexibility index (Phi) is 6.55. The van der Waals surface area contributed by atoms with E-state index >= 15 is 0 Å². The average Bonchev–Trinajstić information content (AvgIpc) is 4.05. The van der Waals surface area contributed by atoms with Crippen molar-refractivity contribution in [2.75, 3.05) is 0 Å². The molecule has 0 unspecified atom stereocenters. The zero-order valence-electron chi connectivity index (χ0n) is 32.1. The molecule has 0 saturated heterocycles. The molecular formula is C56H30N4. The predicted octanol–water partition coefficient (Wildman–Crippen LogP) is 14.4. The van der Waals surface area contributed by atoms with Crippen molar-refractivity contribution < 1.29 is 0 Å². The van der Waals surface area contributed by atoms with Crippen LogP contribution in [-0.4, -0.2) is 8.80 Å². The summed E-state index contributed by atoms with van der Waals surface area (Å²) in [6.45, 7) is 0. The summed E-state index contributed by atoms with van der Waals surface area (Å²) in [4.78, 5) is 0. The van der Waals surface area contributed by atoms with E-state index < -0.39 is 0 Å². The molecule has 13 rings (SSSR count). The van der Waals surface area contributed by atoms with E-state index in [-0.39, 0.29) is 0 Å². The van der Waals surface area contributed by atoms with Crippen LogP contribution in [0.25, 0.3) is 121 Å². The summed E-state index contributed by atoms with van der Waals surface area (Å²) < 4.78 is 5.08. The molecule has 0 fully saturated rings. The van der Waals surface area contributed by atoms with Crippen LogP contribution < -0.4 is 0 Å². The molecule has 13 aromatic rings. The number of hydrogen-bond acceptors (Lipinski definition) is 2. The Morgan fingerprint density at radius 3 is 1.07 bits per heavy atom. The maximum atomic E-state index is 9.66. The van der Waals surface area contributed by atoms with Gasteiger partial charge in [-0.2, -0.15) is 10.5 Å². The van der Waals surface area contributed by atoms with Crippen LogP contribution in [-0.2, 0) is 0 Å². The van der Waals surface area contributed by atoms with E-state index in [0.717, 1.165) is 33.4 Å². The van der Waals surface area contributed by atoms with Gasteiger partial charge in [-0.15, -0.1) is 0 Å². The van der Waals surface area contributed by atoms with Gasteiger partial charge in [0.15, 0.2) is 0 Å². The highest BCUT2D eigenvalue weighted by Gasteiger charge is 2.31. The molecule has 0 aliphatic carbocycles. The number of fused-ring (bicyclic) bond motifs is 12. The minimum absolute atomic E-state index is 0.646. The monoisotopic (exact) mass is 758 g/mol. The van der Waals surface area contributed by atoms with Crippen LogP contribution in [0.3, 0.4) is 0 Å².